The van der Waals surface area contributed by atoms with Crippen LogP contribution in [0.1, 0.15) is 58.8 Å². The molecule has 2 atom stereocenters. The number of hydrogen-bond donors (Lipinski definition) is 1. The predicted molar refractivity (Wildman–Crippen MR) is 140 cm³/mol. The topological polar surface area (TPSA) is 70.6 Å². The van der Waals surface area contributed by atoms with E-state index in [-0.39, 0.29) is 11.0 Å². The van der Waals surface area contributed by atoms with E-state index in [4.69, 9.17) is 4.74 Å². The van der Waals surface area contributed by atoms with Crippen molar-refractivity contribution < 1.29 is 22.7 Å². The van der Waals surface area contributed by atoms with Gasteiger partial charge < -0.3 is 19.9 Å². The van der Waals surface area contributed by atoms with Crippen molar-refractivity contribution in [1.29, 1.82) is 0 Å². The second kappa shape index (κ2) is 10.9. The summed E-state index contributed by atoms with van der Waals surface area (Å²) in [5.41, 5.74) is -0.498. The Balaban J connectivity index is 1.36. The maximum Gasteiger partial charge on any atom is 0.410 e. The molecule has 2 aromatic rings. The lowest BCUT2D eigenvalue weighted by molar-refractivity contribution is -0.126. The van der Waals surface area contributed by atoms with E-state index in [9.17, 15) is 18.0 Å². The first-order chi connectivity index (χ1) is 17.3. The minimum absolute atomic E-state index is 0.251. The molecule has 2 aliphatic rings. The molecular formula is C26H38F3N5O2S. The van der Waals surface area contributed by atoms with Crippen LogP contribution in [0.5, 0.6) is 0 Å². The number of halogens is 3. The van der Waals surface area contributed by atoms with Gasteiger partial charge in [0.15, 0.2) is 0 Å². The zero-order chi connectivity index (χ0) is 27.0. The van der Waals surface area contributed by atoms with Gasteiger partial charge in [0, 0.05) is 49.1 Å². The van der Waals surface area contributed by atoms with Gasteiger partial charge in [-0.25, -0.2) is 14.8 Å². The number of carbonyl (C=O) groups is 1. The van der Waals surface area contributed by atoms with Crippen molar-refractivity contribution in [1.82, 2.24) is 20.2 Å². The smallest absolute Gasteiger partial charge is 0.410 e. The molecule has 0 radical (unpaired) electrons. The Bertz CT molecular complexity index is 1080. The number of amides is 1. The fourth-order valence-electron chi connectivity index (χ4n) is 5.26. The van der Waals surface area contributed by atoms with Gasteiger partial charge in [0.25, 0.3) is 0 Å². The number of anilines is 1. The number of rotatable bonds is 6. The molecule has 2 aromatic heterocycles. The monoisotopic (exact) mass is 541 g/mol. The average molecular weight is 542 g/mol. The lowest BCUT2D eigenvalue weighted by atomic mass is 9.84. The SMILES string of the molecule is CC(C)[C@@H](NC1CCCN(c2ncnc3sc(CC(F)(F)F)cc23)CC1)C1CN(C(=O)OC(C)(C)C)C1. The summed E-state index contributed by atoms with van der Waals surface area (Å²) in [6.07, 6.45) is -1.10. The maximum absolute atomic E-state index is 12.9. The Morgan fingerprint density at radius 1 is 1.19 bits per heavy atom. The Labute approximate surface area is 220 Å². The van der Waals surface area contributed by atoms with E-state index in [1.54, 1.807) is 11.0 Å². The molecule has 2 aliphatic heterocycles. The minimum atomic E-state index is -4.24. The van der Waals surface area contributed by atoms with E-state index in [0.29, 0.717) is 47.2 Å². The van der Waals surface area contributed by atoms with Gasteiger partial charge in [-0.15, -0.1) is 11.3 Å². The minimum Gasteiger partial charge on any atom is -0.444 e. The molecule has 4 heterocycles. The van der Waals surface area contributed by atoms with Crippen LogP contribution in [0, 0.1) is 11.8 Å². The Hall–Kier alpha value is -2.14. The molecular weight excluding hydrogens is 503 g/mol. The van der Waals surface area contributed by atoms with Crippen LogP contribution in [0.4, 0.5) is 23.8 Å². The van der Waals surface area contributed by atoms with Crippen LogP contribution < -0.4 is 10.2 Å². The summed E-state index contributed by atoms with van der Waals surface area (Å²) < 4.78 is 44.3. The number of thiophene rings is 1. The van der Waals surface area contributed by atoms with Crippen molar-refractivity contribution in [3.63, 3.8) is 0 Å². The zero-order valence-corrected chi connectivity index (χ0v) is 23.1. The van der Waals surface area contributed by atoms with Gasteiger partial charge in [0.05, 0.1) is 11.8 Å². The highest BCUT2D eigenvalue weighted by Crippen LogP contribution is 2.34. The molecule has 4 rings (SSSR count). The van der Waals surface area contributed by atoms with E-state index in [1.807, 2.05) is 20.8 Å². The van der Waals surface area contributed by atoms with Crippen LogP contribution in [0.3, 0.4) is 0 Å². The summed E-state index contributed by atoms with van der Waals surface area (Å²) in [6.45, 7) is 13.0. The van der Waals surface area contributed by atoms with E-state index in [1.165, 1.54) is 6.33 Å². The highest BCUT2D eigenvalue weighted by atomic mass is 32.1. The van der Waals surface area contributed by atoms with Gasteiger partial charge in [-0.3, -0.25) is 0 Å². The first kappa shape index (κ1) is 27.9. The Morgan fingerprint density at radius 3 is 2.57 bits per heavy atom. The largest absolute Gasteiger partial charge is 0.444 e. The molecule has 0 bridgehead atoms. The molecule has 0 spiro atoms. The fraction of sp³-hybridized carbons (Fsp3) is 0.731. The summed E-state index contributed by atoms with van der Waals surface area (Å²) in [5.74, 6) is 1.53. The molecule has 1 unspecified atom stereocenters. The highest BCUT2D eigenvalue weighted by Gasteiger charge is 2.40. The van der Waals surface area contributed by atoms with Gasteiger partial charge in [0.2, 0.25) is 0 Å². The molecule has 37 heavy (non-hydrogen) atoms. The number of carbonyl (C=O) groups excluding carboxylic acids is 1. The molecule has 1 N–H and O–H groups in total. The van der Waals surface area contributed by atoms with E-state index < -0.39 is 18.2 Å². The van der Waals surface area contributed by atoms with Crippen molar-refractivity contribution in [3.05, 3.63) is 17.3 Å². The lowest BCUT2D eigenvalue weighted by Crippen LogP contribution is -2.60. The second-order valence-electron chi connectivity index (χ2n) is 11.6. The number of aromatic nitrogens is 2. The van der Waals surface area contributed by atoms with Crippen molar-refractivity contribution in [2.75, 3.05) is 31.1 Å². The molecule has 0 aliphatic carbocycles. The molecule has 2 fully saturated rings. The first-order valence-corrected chi connectivity index (χ1v) is 13.9. The highest BCUT2D eigenvalue weighted by molar-refractivity contribution is 7.18. The van der Waals surface area contributed by atoms with Crippen LogP contribution in [0.2, 0.25) is 0 Å². The van der Waals surface area contributed by atoms with Gasteiger partial charge in [0.1, 0.15) is 22.6 Å². The Morgan fingerprint density at radius 2 is 1.92 bits per heavy atom. The standard InChI is InChI=1S/C26H38F3N5O2S/c1-16(2)21(17-13-34(14-17)24(35)36-25(3,4)5)32-18-7-6-9-33(10-8-18)22-20-11-19(12-26(27,28)29)37-23(20)31-15-30-22/h11,15-18,21,32H,6-10,12-14H2,1-5H3/t18?,21-/m1/s1. The summed E-state index contributed by atoms with van der Waals surface area (Å²) in [5, 5.41) is 4.59. The molecule has 0 saturated carbocycles. The van der Waals surface area contributed by atoms with Crippen molar-refractivity contribution in [3.8, 4) is 0 Å². The maximum atomic E-state index is 12.9. The third-order valence-corrected chi connectivity index (χ3v) is 8.02. The van der Waals surface area contributed by atoms with Crippen LogP contribution >= 0.6 is 11.3 Å². The van der Waals surface area contributed by atoms with Crippen molar-refractivity contribution in [2.24, 2.45) is 11.8 Å². The van der Waals surface area contributed by atoms with E-state index >= 15 is 0 Å². The molecule has 2 saturated heterocycles. The van der Waals surface area contributed by atoms with Crippen LogP contribution in [-0.4, -0.2) is 71.0 Å². The molecule has 11 heteroatoms. The molecule has 0 aromatic carbocycles. The van der Waals surface area contributed by atoms with Gasteiger partial charge in [-0.05, 0) is 52.0 Å². The van der Waals surface area contributed by atoms with Crippen molar-refractivity contribution >= 4 is 33.5 Å². The van der Waals surface area contributed by atoms with Gasteiger partial charge in [-0.2, -0.15) is 13.2 Å². The fourth-order valence-corrected chi connectivity index (χ4v) is 6.29. The summed E-state index contributed by atoms with van der Waals surface area (Å²) in [7, 11) is 0. The van der Waals surface area contributed by atoms with Gasteiger partial charge >= 0.3 is 12.3 Å². The first-order valence-electron chi connectivity index (χ1n) is 13.1. The predicted octanol–water partition coefficient (Wildman–Crippen LogP) is 5.64. The second-order valence-corrected chi connectivity index (χ2v) is 12.7. The quantitative estimate of drug-likeness (QED) is 0.511. The number of alkyl halides is 3. The lowest BCUT2D eigenvalue weighted by Gasteiger charge is -2.46. The van der Waals surface area contributed by atoms with Crippen LogP contribution in [0.25, 0.3) is 10.2 Å². The summed E-state index contributed by atoms with van der Waals surface area (Å²) in [6, 6.07) is 2.22. The Kier molecular flexibility index (Phi) is 8.23. The number of ether oxygens (including phenoxy) is 1. The molecule has 206 valence electrons. The molecule has 1 amide bonds. The zero-order valence-electron chi connectivity index (χ0n) is 22.3. The average Bonchev–Trinajstić information content (AvgIpc) is 2.98. The number of nitrogens with zero attached hydrogens (tertiary/aromatic N) is 4. The third kappa shape index (κ3) is 7.25. The summed E-state index contributed by atoms with van der Waals surface area (Å²) in [4.78, 5) is 25.9. The number of likely N-dealkylation sites (tertiary alicyclic amines) is 1. The van der Waals surface area contributed by atoms with Crippen LogP contribution in [-0.2, 0) is 11.2 Å². The number of nitrogens with one attached hydrogen (secondary N) is 1. The van der Waals surface area contributed by atoms with E-state index in [2.05, 4.69) is 34.0 Å². The van der Waals surface area contributed by atoms with Crippen LogP contribution in [0.15, 0.2) is 12.4 Å². The van der Waals surface area contributed by atoms with E-state index in [0.717, 1.165) is 49.5 Å². The summed E-state index contributed by atoms with van der Waals surface area (Å²) >= 11 is 1.09. The van der Waals surface area contributed by atoms with Gasteiger partial charge in [-0.1, -0.05) is 13.8 Å². The normalized spacial score (nSPS) is 20.7. The third-order valence-electron chi connectivity index (χ3n) is 6.98. The molecule has 7 nitrogen and oxygen atoms in total. The number of hydrogen-bond acceptors (Lipinski definition) is 7. The number of fused-ring (bicyclic) bond motifs is 1. The van der Waals surface area contributed by atoms with Crippen molar-refractivity contribution in [2.45, 2.75) is 84.2 Å².